The first kappa shape index (κ1) is 22.2. The van der Waals surface area contributed by atoms with Crippen molar-refractivity contribution in [3.8, 4) is 5.19 Å². The van der Waals surface area contributed by atoms with Crippen LogP contribution in [0.4, 0.5) is 0 Å². The van der Waals surface area contributed by atoms with Gasteiger partial charge in [0, 0.05) is 32.5 Å². The largest absolute Gasteiger partial charge is 0.467 e. The number of rotatable bonds is 6. The quantitative estimate of drug-likeness (QED) is 0.609. The third kappa shape index (κ3) is 4.75. The fourth-order valence-electron chi connectivity index (χ4n) is 4.05. The van der Waals surface area contributed by atoms with Gasteiger partial charge in [-0.25, -0.2) is 17.7 Å². The van der Waals surface area contributed by atoms with Crippen molar-refractivity contribution < 1.29 is 22.7 Å². The summed E-state index contributed by atoms with van der Waals surface area (Å²) in [7, 11) is -3.54. The van der Waals surface area contributed by atoms with Crippen LogP contribution in [0.1, 0.15) is 43.2 Å². The number of aryl methyl sites for hydroxylation is 2. The van der Waals surface area contributed by atoms with E-state index in [2.05, 4.69) is 24.0 Å². The molecule has 0 N–H and O–H groups in total. The Morgan fingerprint density at radius 2 is 1.74 bits per heavy atom. The molecule has 0 aliphatic carbocycles. The summed E-state index contributed by atoms with van der Waals surface area (Å²) < 4.78 is 34.1. The highest BCUT2D eigenvalue weighted by atomic mass is 32.2. The van der Waals surface area contributed by atoms with Crippen LogP contribution in [-0.2, 0) is 19.6 Å². The van der Waals surface area contributed by atoms with E-state index in [9.17, 15) is 18.0 Å². The Labute approximate surface area is 186 Å². The molecule has 2 aromatic rings. The van der Waals surface area contributed by atoms with Crippen LogP contribution in [0.3, 0.4) is 0 Å². The van der Waals surface area contributed by atoms with Gasteiger partial charge in [0.15, 0.2) is 0 Å². The zero-order valence-corrected chi connectivity index (χ0v) is 19.4. The Hall–Kier alpha value is -2.04. The normalized spacial score (nSPS) is 19.4. The lowest BCUT2D eigenvalue weighted by Gasteiger charge is -2.31. The molecule has 0 atom stereocenters. The number of ether oxygens (including phenoxy) is 1. The first-order chi connectivity index (χ1) is 14.7. The molecule has 1 aromatic heterocycles. The maximum atomic E-state index is 12.7. The predicted molar refractivity (Wildman–Crippen MR) is 119 cm³/mol. The third-order valence-corrected chi connectivity index (χ3v) is 8.87. The van der Waals surface area contributed by atoms with Crippen LogP contribution >= 0.6 is 11.3 Å². The Balaban J connectivity index is 1.33. The molecule has 1 aromatic carbocycles. The number of fused-ring (bicyclic) bond motifs is 1. The highest BCUT2D eigenvalue weighted by Gasteiger charge is 2.32. The molecule has 2 aliphatic heterocycles. The van der Waals surface area contributed by atoms with Crippen molar-refractivity contribution in [1.29, 1.82) is 0 Å². The average molecular weight is 466 g/mol. The number of hydrogen-bond acceptors (Lipinski definition) is 7. The molecule has 0 radical (unpaired) electrons. The zero-order valence-electron chi connectivity index (χ0n) is 17.8. The zero-order chi connectivity index (χ0) is 22.2. The standard InChI is InChI=1S/C21H27N3O5S2/c1-14-6-7-15(2)20-19(14)22-21(30-20)29-16-8-10-23(11-9-16)31(27,28)13-12-24-17(25)4-3-5-18(24)26/h6-7,16H,3-5,8-13H2,1-2H3. The number of imide groups is 1. The number of carbonyl (C=O) groups excluding carboxylic acids is 2. The Morgan fingerprint density at radius 3 is 2.39 bits per heavy atom. The number of sulfonamides is 1. The second-order valence-corrected chi connectivity index (χ2v) is 11.2. The van der Waals surface area contributed by atoms with Gasteiger partial charge in [-0.15, -0.1) is 0 Å². The molecule has 8 nitrogen and oxygen atoms in total. The molecule has 168 valence electrons. The molecule has 0 unspecified atom stereocenters. The van der Waals surface area contributed by atoms with Crippen LogP contribution in [0.15, 0.2) is 12.1 Å². The van der Waals surface area contributed by atoms with E-state index < -0.39 is 10.0 Å². The lowest BCUT2D eigenvalue weighted by Crippen LogP contribution is -2.47. The molecule has 0 spiro atoms. The average Bonchev–Trinajstić information content (AvgIpc) is 3.16. The van der Waals surface area contributed by atoms with E-state index in [0.29, 0.717) is 50.4 Å². The molecule has 4 rings (SSSR count). The predicted octanol–water partition coefficient (Wildman–Crippen LogP) is 2.63. The summed E-state index contributed by atoms with van der Waals surface area (Å²) in [4.78, 5) is 29.5. The minimum Gasteiger partial charge on any atom is -0.467 e. The van der Waals surface area contributed by atoms with E-state index in [-0.39, 0.29) is 30.2 Å². The van der Waals surface area contributed by atoms with Crippen LogP contribution in [0.5, 0.6) is 5.19 Å². The maximum absolute atomic E-state index is 12.7. The van der Waals surface area contributed by atoms with Gasteiger partial charge in [0.05, 0.1) is 16.0 Å². The lowest BCUT2D eigenvalue weighted by atomic mass is 10.1. The van der Waals surface area contributed by atoms with E-state index in [1.165, 1.54) is 21.2 Å². The maximum Gasteiger partial charge on any atom is 0.274 e. The van der Waals surface area contributed by atoms with Gasteiger partial charge in [-0.3, -0.25) is 14.5 Å². The first-order valence-corrected chi connectivity index (χ1v) is 13.0. The van der Waals surface area contributed by atoms with Crippen LogP contribution in [0.25, 0.3) is 10.2 Å². The molecule has 31 heavy (non-hydrogen) atoms. The molecule has 0 saturated carbocycles. The summed E-state index contributed by atoms with van der Waals surface area (Å²) >= 11 is 1.53. The number of likely N-dealkylation sites (tertiary alicyclic amines) is 1. The Morgan fingerprint density at radius 1 is 1.10 bits per heavy atom. The van der Waals surface area contributed by atoms with Crippen molar-refractivity contribution in [3.05, 3.63) is 23.3 Å². The Kier molecular flexibility index (Phi) is 6.32. The summed E-state index contributed by atoms with van der Waals surface area (Å²) in [6, 6.07) is 4.13. The van der Waals surface area contributed by atoms with Crippen molar-refractivity contribution in [2.24, 2.45) is 0 Å². The summed E-state index contributed by atoms with van der Waals surface area (Å²) in [5.74, 6) is -0.786. The topological polar surface area (TPSA) is 96.9 Å². The second kappa shape index (κ2) is 8.84. The van der Waals surface area contributed by atoms with E-state index in [0.717, 1.165) is 20.7 Å². The highest BCUT2D eigenvalue weighted by Crippen LogP contribution is 2.33. The smallest absolute Gasteiger partial charge is 0.274 e. The number of hydrogen-bond donors (Lipinski definition) is 0. The van der Waals surface area contributed by atoms with Crippen LogP contribution in [0, 0.1) is 13.8 Å². The lowest BCUT2D eigenvalue weighted by molar-refractivity contribution is -0.147. The third-order valence-electron chi connectivity index (χ3n) is 5.94. The van der Waals surface area contributed by atoms with Crippen LogP contribution in [-0.4, -0.2) is 65.9 Å². The minimum atomic E-state index is -3.54. The highest BCUT2D eigenvalue weighted by molar-refractivity contribution is 7.89. The molecule has 2 aliphatic rings. The van der Waals surface area contributed by atoms with E-state index in [4.69, 9.17) is 4.74 Å². The number of thiazole rings is 1. The van der Waals surface area contributed by atoms with Crippen molar-refractivity contribution in [2.75, 3.05) is 25.4 Å². The van der Waals surface area contributed by atoms with Gasteiger partial charge >= 0.3 is 0 Å². The van der Waals surface area contributed by atoms with Crippen molar-refractivity contribution in [2.45, 2.75) is 52.1 Å². The molecule has 3 heterocycles. The van der Waals surface area contributed by atoms with Gasteiger partial charge in [-0.2, -0.15) is 0 Å². The summed E-state index contributed by atoms with van der Waals surface area (Å²) in [6.45, 7) is 4.73. The minimum absolute atomic E-state index is 0.0686. The summed E-state index contributed by atoms with van der Waals surface area (Å²) in [6.07, 6.45) is 2.22. The first-order valence-electron chi connectivity index (χ1n) is 10.6. The molecule has 2 fully saturated rings. The van der Waals surface area contributed by atoms with Gasteiger partial charge in [0.2, 0.25) is 21.8 Å². The number of aromatic nitrogens is 1. The molecule has 10 heteroatoms. The van der Waals surface area contributed by atoms with Crippen molar-refractivity contribution in [1.82, 2.24) is 14.2 Å². The van der Waals surface area contributed by atoms with E-state index in [1.807, 2.05) is 6.92 Å². The molecular weight excluding hydrogens is 438 g/mol. The van der Waals surface area contributed by atoms with Gasteiger partial charge in [0.1, 0.15) is 6.10 Å². The van der Waals surface area contributed by atoms with Crippen LogP contribution in [0.2, 0.25) is 0 Å². The number of nitrogens with zero attached hydrogens (tertiary/aromatic N) is 3. The fraction of sp³-hybridized carbons (Fsp3) is 0.571. The van der Waals surface area contributed by atoms with Crippen molar-refractivity contribution in [3.63, 3.8) is 0 Å². The number of piperidine rings is 2. The van der Waals surface area contributed by atoms with Gasteiger partial charge in [0.25, 0.3) is 5.19 Å². The molecule has 2 amide bonds. The van der Waals surface area contributed by atoms with Gasteiger partial charge in [-0.1, -0.05) is 23.5 Å². The van der Waals surface area contributed by atoms with Gasteiger partial charge in [-0.05, 0) is 44.2 Å². The van der Waals surface area contributed by atoms with Crippen molar-refractivity contribution >= 4 is 43.4 Å². The SMILES string of the molecule is Cc1ccc(C)c2sc(OC3CCN(S(=O)(=O)CCN4C(=O)CCCC4=O)CC3)nc12. The number of amides is 2. The number of carbonyl (C=O) groups is 2. The van der Waals surface area contributed by atoms with E-state index >= 15 is 0 Å². The van der Waals surface area contributed by atoms with Crippen LogP contribution < -0.4 is 4.74 Å². The molecule has 2 saturated heterocycles. The summed E-state index contributed by atoms with van der Waals surface area (Å²) in [5.41, 5.74) is 3.24. The monoisotopic (exact) mass is 465 g/mol. The summed E-state index contributed by atoms with van der Waals surface area (Å²) in [5, 5.41) is 0.621. The van der Waals surface area contributed by atoms with E-state index in [1.54, 1.807) is 0 Å². The van der Waals surface area contributed by atoms with Gasteiger partial charge < -0.3 is 4.74 Å². The molecular formula is C21H27N3O5S2. The Bertz CT molecular complexity index is 1050. The fourth-order valence-corrected chi connectivity index (χ4v) is 6.51. The second-order valence-electron chi connectivity index (χ2n) is 8.18. The number of benzene rings is 1. The molecule has 0 bridgehead atoms.